The van der Waals surface area contributed by atoms with Crippen molar-refractivity contribution in [3.8, 4) is 0 Å². The number of amides is 1. The van der Waals surface area contributed by atoms with Crippen LogP contribution < -0.4 is 5.32 Å². The molecule has 5 heteroatoms. The maximum absolute atomic E-state index is 12.1. The molecule has 4 nitrogen and oxygen atoms in total. The summed E-state index contributed by atoms with van der Waals surface area (Å²) < 4.78 is 4.97. The standard InChI is InChI=1S/C15H22N2O2S/c18-14(13-3-8-19-11-13)16-12-15(4-1-2-5-15)17-6-9-20-10-7-17/h3,8,11H,1-2,4-7,9-10,12H2,(H,16,18). The Labute approximate surface area is 124 Å². The summed E-state index contributed by atoms with van der Waals surface area (Å²) in [5.74, 6) is 2.42. The molecule has 2 heterocycles. The Kier molecular flexibility index (Phi) is 4.36. The van der Waals surface area contributed by atoms with Crippen molar-refractivity contribution in [3.63, 3.8) is 0 Å². The molecule has 1 aliphatic carbocycles. The number of hydrogen-bond donors (Lipinski definition) is 1. The van der Waals surface area contributed by atoms with E-state index in [0.29, 0.717) is 5.56 Å². The van der Waals surface area contributed by atoms with E-state index in [4.69, 9.17) is 4.42 Å². The Morgan fingerprint density at radius 2 is 2.10 bits per heavy atom. The van der Waals surface area contributed by atoms with E-state index in [-0.39, 0.29) is 11.4 Å². The van der Waals surface area contributed by atoms with Gasteiger partial charge < -0.3 is 9.73 Å². The fraction of sp³-hybridized carbons (Fsp3) is 0.667. The van der Waals surface area contributed by atoms with E-state index in [1.54, 1.807) is 12.3 Å². The number of thioether (sulfide) groups is 1. The summed E-state index contributed by atoms with van der Waals surface area (Å²) in [6.07, 6.45) is 8.04. The molecule has 1 N–H and O–H groups in total. The van der Waals surface area contributed by atoms with Crippen molar-refractivity contribution in [2.45, 2.75) is 31.2 Å². The van der Waals surface area contributed by atoms with Crippen LogP contribution in [0.4, 0.5) is 0 Å². The lowest BCUT2D eigenvalue weighted by Gasteiger charge is -2.43. The molecule has 2 aliphatic rings. The lowest BCUT2D eigenvalue weighted by molar-refractivity contribution is 0.0817. The molecule has 0 aromatic carbocycles. The van der Waals surface area contributed by atoms with Gasteiger partial charge in [0.05, 0.1) is 11.8 Å². The molecule has 1 saturated carbocycles. The van der Waals surface area contributed by atoms with Crippen molar-refractivity contribution < 1.29 is 9.21 Å². The number of nitrogens with zero attached hydrogens (tertiary/aromatic N) is 1. The zero-order chi connectivity index (χ0) is 13.8. The normalized spacial score (nSPS) is 22.8. The molecule has 1 saturated heterocycles. The van der Waals surface area contributed by atoms with Gasteiger partial charge in [0.25, 0.3) is 5.91 Å². The first-order valence-corrected chi connectivity index (χ1v) is 8.59. The Morgan fingerprint density at radius 1 is 1.35 bits per heavy atom. The van der Waals surface area contributed by atoms with Crippen molar-refractivity contribution in [3.05, 3.63) is 24.2 Å². The minimum atomic E-state index is -0.0172. The molecule has 0 bridgehead atoms. The van der Waals surface area contributed by atoms with Gasteiger partial charge in [-0.3, -0.25) is 9.69 Å². The van der Waals surface area contributed by atoms with Gasteiger partial charge in [-0.05, 0) is 18.9 Å². The average Bonchev–Trinajstić information content (AvgIpc) is 3.18. The van der Waals surface area contributed by atoms with E-state index in [9.17, 15) is 4.79 Å². The molecular formula is C15H22N2O2S. The number of furan rings is 1. The van der Waals surface area contributed by atoms with Gasteiger partial charge in [-0.1, -0.05) is 12.8 Å². The summed E-state index contributed by atoms with van der Waals surface area (Å²) >= 11 is 2.04. The van der Waals surface area contributed by atoms with Crippen LogP contribution in [0, 0.1) is 0 Å². The molecule has 1 aliphatic heterocycles. The van der Waals surface area contributed by atoms with Gasteiger partial charge in [0, 0.05) is 36.7 Å². The summed E-state index contributed by atoms with van der Waals surface area (Å²) in [7, 11) is 0. The molecule has 110 valence electrons. The van der Waals surface area contributed by atoms with E-state index in [1.807, 2.05) is 11.8 Å². The summed E-state index contributed by atoms with van der Waals surface area (Å²) in [5, 5.41) is 3.12. The topological polar surface area (TPSA) is 45.5 Å². The monoisotopic (exact) mass is 294 g/mol. The SMILES string of the molecule is O=C(NCC1(N2CCSCC2)CCCC1)c1ccoc1. The van der Waals surface area contributed by atoms with Crippen LogP contribution in [-0.2, 0) is 0 Å². The van der Waals surface area contributed by atoms with Crippen LogP contribution in [-0.4, -0.2) is 47.5 Å². The Bertz CT molecular complexity index is 435. The summed E-state index contributed by atoms with van der Waals surface area (Å²) in [6, 6.07) is 1.72. The van der Waals surface area contributed by atoms with Gasteiger partial charge in [0.15, 0.2) is 0 Å². The van der Waals surface area contributed by atoms with Crippen molar-refractivity contribution in [2.75, 3.05) is 31.1 Å². The molecule has 0 unspecified atom stereocenters. The van der Waals surface area contributed by atoms with Crippen LogP contribution >= 0.6 is 11.8 Å². The third-order valence-electron chi connectivity index (χ3n) is 4.58. The molecule has 0 radical (unpaired) electrons. The van der Waals surface area contributed by atoms with Crippen molar-refractivity contribution in [1.29, 1.82) is 0 Å². The second kappa shape index (κ2) is 6.22. The average molecular weight is 294 g/mol. The van der Waals surface area contributed by atoms with E-state index in [1.165, 1.54) is 43.5 Å². The van der Waals surface area contributed by atoms with Crippen LogP contribution in [0.1, 0.15) is 36.0 Å². The highest BCUT2D eigenvalue weighted by molar-refractivity contribution is 7.99. The first-order valence-electron chi connectivity index (χ1n) is 7.43. The first kappa shape index (κ1) is 14.0. The number of hydrogen-bond acceptors (Lipinski definition) is 4. The quantitative estimate of drug-likeness (QED) is 0.926. The number of carbonyl (C=O) groups is 1. The van der Waals surface area contributed by atoms with Gasteiger partial charge in [0.2, 0.25) is 0 Å². The van der Waals surface area contributed by atoms with Gasteiger partial charge in [-0.15, -0.1) is 0 Å². The number of rotatable bonds is 4. The Hall–Kier alpha value is -0.940. The second-order valence-corrected chi connectivity index (χ2v) is 6.95. The minimum Gasteiger partial charge on any atom is -0.472 e. The van der Waals surface area contributed by atoms with Gasteiger partial charge in [0.1, 0.15) is 6.26 Å². The van der Waals surface area contributed by atoms with Crippen LogP contribution in [0.5, 0.6) is 0 Å². The largest absolute Gasteiger partial charge is 0.472 e. The van der Waals surface area contributed by atoms with Gasteiger partial charge in [-0.25, -0.2) is 0 Å². The number of nitrogens with one attached hydrogen (secondary N) is 1. The zero-order valence-corrected chi connectivity index (χ0v) is 12.6. The molecule has 0 atom stereocenters. The lowest BCUT2D eigenvalue weighted by Crippen LogP contribution is -2.56. The smallest absolute Gasteiger partial charge is 0.254 e. The third kappa shape index (κ3) is 2.88. The molecule has 3 rings (SSSR count). The first-order chi connectivity index (χ1) is 9.80. The van der Waals surface area contributed by atoms with Gasteiger partial charge >= 0.3 is 0 Å². The fourth-order valence-electron chi connectivity index (χ4n) is 3.42. The highest BCUT2D eigenvalue weighted by Gasteiger charge is 2.40. The van der Waals surface area contributed by atoms with E-state index >= 15 is 0 Å². The van der Waals surface area contributed by atoms with Crippen molar-refractivity contribution >= 4 is 17.7 Å². The van der Waals surface area contributed by atoms with E-state index in [0.717, 1.165) is 19.6 Å². The lowest BCUT2D eigenvalue weighted by atomic mass is 9.94. The summed E-state index contributed by atoms with van der Waals surface area (Å²) in [5.41, 5.74) is 0.813. The van der Waals surface area contributed by atoms with Crippen LogP contribution in [0.25, 0.3) is 0 Å². The van der Waals surface area contributed by atoms with Crippen LogP contribution in [0.15, 0.2) is 23.0 Å². The van der Waals surface area contributed by atoms with E-state index in [2.05, 4.69) is 10.2 Å². The molecular weight excluding hydrogens is 272 g/mol. The number of carbonyl (C=O) groups excluding carboxylic acids is 1. The zero-order valence-electron chi connectivity index (χ0n) is 11.8. The molecule has 0 spiro atoms. The Morgan fingerprint density at radius 3 is 2.75 bits per heavy atom. The molecule has 2 fully saturated rings. The van der Waals surface area contributed by atoms with Crippen LogP contribution in [0.3, 0.4) is 0 Å². The minimum absolute atomic E-state index is 0.0172. The highest BCUT2D eigenvalue weighted by Crippen LogP contribution is 2.36. The molecule has 1 aromatic rings. The van der Waals surface area contributed by atoms with E-state index < -0.39 is 0 Å². The maximum atomic E-state index is 12.1. The van der Waals surface area contributed by atoms with Crippen molar-refractivity contribution in [1.82, 2.24) is 10.2 Å². The predicted molar refractivity (Wildman–Crippen MR) is 81.1 cm³/mol. The molecule has 20 heavy (non-hydrogen) atoms. The summed E-state index contributed by atoms with van der Waals surface area (Å²) in [4.78, 5) is 14.7. The predicted octanol–water partition coefficient (Wildman–Crippen LogP) is 2.37. The van der Waals surface area contributed by atoms with Gasteiger partial charge in [-0.2, -0.15) is 11.8 Å². The summed E-state index contributed by atoms with van der Waals surface area (Å²) in [6.45, 7) is 3.08. The molecule has 1 aromatic heterocycles. The fourth-order valence-corrected chi connectivity index (χ4v) is 4.32. The maximum Gasteiger partial charge on any atom is 0.254 e. The van der Waals surface area contributed by atoms with Crippen molar-refractivity contribution in [2.24, 2.45) is 0 Å². The third-order valence-corrected chi connectivity index (χ3v) is 5.52. The Balaban J connectivity index is 1.63. The van der Waals surface area contributed by atoms with Crippen LogP contribution in [0.2, 0.25) is 0 Å². The molecule has 1 amide bonds. The highest BCUT2D eigenvalue weighted by atomic mass is 32.2. The second-order valence-electron chi connectivity index (χ2n) is 5.73.